The van der Waals surface area contributed by atoms with Gasteiger partial charge in [0.05, 0.1) is 0 Å². The number of rotatable bonds is 2. The molecule has 1 atom stereocenters. The predicted molar refractivity (Wildman–Crippen MR) is 28.0 cm³/mol. The lowest BCUT2D eigenvalue weighted by Gasteiger charge is -2.08. The Morgan fingerprint density at radius 1 is 1.50 bits per heavy atom. The summed E-state index contributed by atoms with van der Waals surface area (Å²) in [6.07, 6.45) is 0. The van der Waals surface area contributed by atoms with E-state index in [0.29, 0.717) is 0 Å². The lowest BCUT2D eigenvalue weighted by molar-refractivity contribution is -0.134. The molecule has 0 rings (SSSR count). The Labute approximate surface area is 55.4 Å². The summed E-state index contributed by atoms with van der Waals surface area (Å²) < 4.78 is 10.0. The molecular formula is C2H6NO6P. The molecule has 0 bridgehead atoms. The van der Waals surface area contributed by atoms with E-state index in [4.69, 9.17) is 20.1 Å². The lowest BCUT2D eigenvalue weighted by atomic mass is 10.7. The van der Waals surface area contributed by atoms with Crippen LogP contribution in [0.2, 0.25) is 0 Å². The first-order valence-corrected chi connectivity index (χ1v) is 3.75. The molecule has 1 unspecified atom stereocenters. The van der Waals surface area contributed by atoms with Gasteiger partial charge in [-0.25, -0.2) is 5.48 Å². The van der Waals surface area contributed by atoms with Crippen molar-refractivity contribution < 1.29 is 29.5 Å². The van der Waals surface area contributed by atoms with Crippen LogP contribution in [0.4, 0.5) is 0 Å². The van der Waals surface area contributed by atoms with Crippen molar-refractivity contribution in [2.45, 2.75) is 5.85 Å². The third-order valence-corrected chi connectivity index (χ3v) is 1.53. The number of hydrogen-bond donors (Lipinski definition) is 5. The molecule has 0 heterocycles. The molecule has 0 aliphatic heterocycles. The number of amides is 1. The zero-order valence-electron chi connectivity index (χ0n) is 4.63. The zero-order valence-corrected chi connectivity index (χ0v) is 5.52. The van der Waals surface area contributed by atoms with E-state index in [1.54, 1.807) is 0 Å². The highest BCUT2D eigenvalue weighted by atomic mass is 31.2. The van der Waals surface area contributed by atoms with Crippen LogP contribution in [0.3, 0.4) is 0 Å². The molecule has 0 radical (unpaired) electrons. The van der Waals surface area contributed by atoms with Crippen LogP contribution >= 0.6 is 7.60 Å². The van der Waals surface area contributed by atoms with E-state index in [0.717, 1.165) is 5.48 Å². The molecule has 0 spiro atoms. The van der Waals surface area contributed by atoms with Crippen molar-refractivity contribution >= 4 is 13.5 Å². The topological polar surface area (TPSA) is 127 Å². The van der Waals surface area contributed by atoms with Crippen LogP contribution < -0.4 is 5.48 Å². The number of carbonyl (C=O) groups excluding carboxylic acids is 1. The van der Waals surface area contributed by atoms with Crippen molar-refractivity contribution in [2.24, 2.45) is 0 Å². The van der Waals surface area contributed by atoms with Gasteiger partial charge >= 0.3 is 7.60 Å². The Bertz CT molecular complexity index is 173. The lowest BCUT2D eigenvalue weighted by Crippen LogP contribution is -2.31. The zero-order chi connectivity index (χ0) is 8.36. The van der Waals surface area contributed by atoms with Crippen LogP contribution in [0, 0.1) is 0 Å². The van der Waals surface area contributed by atoms with Crippen molar-refractivity contribution in [1.29, 1.82) is 0 Å². The maximum Gasteiger partial charge on any atom is 0.363 e. The van der Waals surface area contributed by atoms with Gasteiger partial charge in [-0.05, 0) is 0 Å². The molecule has 8 heteroatoms. The summed E-state index contributed by atoms with van der Waals surface area (Å²) in [4.78, 5) is 26.2. The second kappa shape index (κ2) is 3.09. The first-order valence-electron chi connectivity index (χ1n) is 2.07. The van der Waals surface area contributed by atoms with Crippen molar-refractivity contribution in [3.8, 4) is 0 Å². The van der Waals surface area contributed by atoms with Crippen LogP contribution in [-0.4, -0.2) is 31.9 Å². The predicted octanol–water partition coefficient (Wildman–Crippen LogP) is -2.01. The minimum absolute atomic E-state index is 0.890. The summed E-state index contributed by atoms with van der Waals surface area (Å²) in [7, 11) is -4.85. The van der Waals surface area contributed by atoms with Crippen molar-refractivity contribution in [2.75, 3.05) is 0 Å². The largest absolute Gasteiger partial charge is 0.372 e. The van der Waals surface area contributed by atoms with Crippen LogP contribution in [0.1, 0.15) is 0 Å². The molecule has 7 nitrogen and oxygen atoms in total. The number of hydrogen-bond acceptors (Lipinski definition) is 4. The maximum absolute atomic E-state index is 10.1. The van der Waals surface area contributed by atoms with Crippen LogP contribution in [-0.2, 0) is 9.36 Å². The first-order chi connectivity index (χ1) is 4.39. The van der Waals surface area contributed by atoms with Crippen molar-refractivity contribution in [3.05, 3.63) is 0 Å². The monoisotopic (exact) mass is 171 g/mol. The SMILES string of the molecule is O=C(NO)C(O)P(=O)(O)O. The molecule has 60 valence electrons. The number of hydroxylamine groups is 1. The van der Waals surface area contributed by atoms with E-state index in [9.17, 15) is 9.36 Å². The molecule has 0 aromatic heterocycles. The van der Waals surface area contributed by atoms with E-state index in [-0.39, 0.29) is 0 Å². The standard InChI is InChI=1S/C2H6NO6P/c4-1(3-6)2(5)10(7,8)9/h2,5-6H,(H,3,4)(H2,7,8,9). The van der Waals surface area contributed by atoms with Gasteiger partial charge in [0.15, 0.2) is 0 Å². The summed E-state index contributed by atoms with van der Waals surface area (Å²) in [5, 5.41) is 16.1. The van der Waals surface area contributed by atoms with Gasteiger partial charge in [0.1, 0.15) is 0 Å². The van der Waals surface area contributed by atoms with Gasteiger partial charge in [-0.3, -0.25) is 14.6 Å². The third kappa shape index (κ3) is 2.42. The minimum atomic E-state index is -4.85. The van der Waals surface area contributed by atoms with Gasteiger partial charge in [-0.1, -0.05) is 0 Å². The Morgan fingerprint density at radius 3 is 2.00 bits per heavy atom. The van der Waals surface area contributed by atoms with E-state index < -0.39 is 19.3 Å². The Hall–Kier alpha value is -0.460. The van der Waals surface area contributed by atoms with E-state index >= 15 is 0 Å². The molecule has 0 fully saturated rings. The molecule has 5 N–H and O–H groups in total. The average molecular weight is 171 g/mol. The molecule has 0 aliphatic carbocycles. The number of aliphatic hydroxyl groups excluding tert-OH is 1. The Kier molecular flexibility index (Phi) is 2.95. The third-order valence-electron chi connectivity index (χ3n) is 0.663. The number of aliphatic hydroxyl groups is 1. The molecule has 0 saturated carbocycles. The second-order valence-corrected chi connectivity index (χ2v) is 3.11. The Morgan fingerprint density at radius 2 is 1.90 bits per heavy atom. The normalized spacial score (nSPS) is 14.4. The van der Waals surface area contributed by atoms with Gasteiger partial charge in [0.25, 0.3) is 5.91 Å². The van der Waals surface area contributed by atoms with Gasteiger partial charge < -0.3 is 14.9 Å². The summed E-state index contributed by atoms with van der Waals surface area (Å²) in [5.41, 5.74) is 0.890. The van der Waals surface area contributed by atoms with Gasteiger partial charge in [-0.15, -0.1) is 0 Å². The molecular weight excluding hydrogens is 165 g/mol. The highest BCUT2D eigenvalue weighted by Crippen LogP contribution is 2.39. The van der Waals surface area contributed by atoms with E-state index in [2.05, 4.69) is 0 Å². The molecule has 0 aliphatic rings. The highest BCUT2D eigenvalue weighted by molar-refractivity contribution is 7.53. The fraction of sp³-hybridized carbons (Fsp3) is 0.500. The Balaban J connectivity index is 4.23. The summed E-state index contributed by atoms with van der Waals surface area (Å²) >= 11 is 0. The van der Waals surface area contributed by atoms with E-state index in [1.807, 2.05) is 0 Å². The summed E-state index contributed by atoms with van der Waals surface area (Å²) in [6.45, 7) is 0. The first kappa shape index (κ1) is 9.54. The van der Waals surface area contributed by atoms with Gasteiger partial charge in [0, 0.05) is 0 Å². The van der Waals surface area contributed by atoms with Crippen molar-refractivity contribution in [3.63, 3.8) is 0 Å². The minimum Gasteiger partial charge on any atom is -0.372 e. The molecule has 10 heavy (non-hydrogen) atoms. The van der Waals surface area contributed by atoms with Crippen LogP contribution in [0.5, 0.6) is 0 Å². The van der Waals surface area contributed by atoms with Crippen LogP contribution in [0.25, 0.3) is 0 Å². The van der Waals surface area contributed by atoms with Crippen molar-refractivity contribution in [1.82, 2.24) is 5.48 Å². The molecule has 1 amide bonds. The van der Waals surface area contributed by atoms with Gasteiger partial charge in [0.2, 0.25) is 5.85 Å². The quantitative estimate of drug-likeness (QED) is 0.185. The van der Waals surface area contributed by atoms with Gasteiger partial charge in [-0.2, -0.15) is 0 Å². The fourth-order valence-corrected chi connectivity index (χ4v) is 0.574. The highest BCUT2D eigenvalue weighted by Gasteiger charge is 2.33. The second-order valence-electron chi connectivity index (χ2n) is 1.44. The molecule has 0 aromatic carbocycles. The summed E-state index contributed by atoms with van der Waals surface area (Å²) in [6, 6.07) is 0. The summed E-state index contributed by atoms with van der Waals surface area (Å²) in [5.74, 6) is -4.04. The fourth-order valence-electron chi connectivity index (χ4n) is 0.210. The average Bonchev–Trinajstić information content (AvgIpc) is 1.83. The molecule has 0 aromatic rings. The van der Waals surface area contributed by atoms with E-state index in [1.165, 1.54) is 0 Å². The maximum atomic E-state index is 10.1. The number of carbonyl (C=O) groups is 1. The smallest absolute Gasteiger partial charge is 0.363 e. The molecule has 0 saturated heterocycles. The number of nitrogens with one attached hydrogen (secondary N) is 1. The van der Waals surface area contributed by atoms with Crippen LogP contribution in [0.15, 0.2) is 0 Å².